The lowest BCUT2D eigenvalue weighted by Crippen LogP contribution is -2.17. The number of amides is 2. The number of methoxy groups -OCH3 is 1. The third kappa shape index (κ3) is 5.44. The molecule has 0 atom stereocenters. The van der Waals surface area contributed by atoms with Crippen LogP contribution in [-0.2, 0) is 14.3 Å². The van der Waals surface area contributed by atoms with Crippen molar-refractivity contribution in [1.82, 2.24) is 0 Å². The van der Waals surface area contributed by atoms with Crippen LogP contribution in [0.15, 0.2) is 60.3 Å². The lowest BCUT2D eigenvalue weighted by Gasteiger charge is -2.09. The third-order valence-corrected chi connectivity index (χ3v) is 3.51. The van der Waals surface area contributed by atoms with E-state index < -0.39 is 11.9 Å². The van der Waals surface area contributed by atoms with Crippen LogP contribution in [0.1, 0.15) is 17.3 Å². The van der Waals surface area contributed by atoms with Crippen molar-refractivity contribution in [2.45, 2.75) is 6.92 Å². The van der Waals surface area contributed by atoms with Crippen molar-refractivity contribution >= 4 is 34.8 Å². The first-order chi connectivity index (χ1) is 13.4. The fraction of sp³-hybridized carbons (Fsp3) is 0.100. The maximum atomic E-state index is 12.4. The van der Waals surface area contributed by atoms with Gasteiger partial charge in [-0.3, -0.25) is 9.59 Å². The molecule has 2 aromatic carbocycles. The lowest BCUT2D eigenvalue weighted by atomic mass is 10.1. The van der Waals surface area contributed by atoms with Gasteiger partial charge >= 0.3 is 5.97 Å². The number of carbonyl (C=O) groups excluding carboxylic acids is 3. The standard InChI is InChI=1S/C20H18N4O4/c1-13(25)23-16-7-5-6-15(10-16)22-12-14(11-21)19(26)24-18-9-4-3-8-17(18)20(27)28-2/h3-10,12,22H,1-2H3,(H,23,25)(H,24,26)/b14-12-. The molecule has 0 aromatic heterocycles. The molecule has 2 rings (SSSR count). The van der Waals surface area contributed by atoms with Crippen molar-refractivity contribution in [2.75, 3.05) is 23.1 Å². The zero-order valence-corrected chi connectivity index (χ0v) is 15.3. The van der Waals surface area contributed by atoms with Crippen LogP contribution in [0.25, 0.3) is 0 Å². The maximum absolute atomic E-state index is 12.4. The number of para-hydroxylation sites is 1. The molecule has 0 aliphatic rings. The van der Waals surface area contributed by atoms with Crippen molar-refractivity contribution in [1.29, 1.82) is 5.26 Å². The van der Waals surface area contributed by atoms with Gasteiger partial charge in [0.1, 0.15) is 11.6 Å². The molecule has 0 spiro atoms. The van der Waals surface area contributed by atoms with E-state index in [-0.39, 0.29) is 22.7 Å². The average molecular weight is 378 g/mol. The Hall–Kier alpha value is -4.12. The van der Waals surface area contributed by atoms with E-state index >= 15 is 0 Å². The monoisotopic (exact) mass is 378 g/mol. The molecule has 2 amide bonds. The van der Waals surface area contributed by atoms with Gasteiger partial charge in [0, 0.05) is 24.5 Å². The minimum absolute atomic E-state index is 0.173. The second kappa shape index (κ2) is 9.54. The summed E-state index contributed by atoms with van der Waals surface area (Å²) in [5, 5.41) is 17.3. The summed E-state index contributed by atoms with van der Waals surface area (Å²) in [5.41, 5.74) is 1.34. The first kappa shape index (κ1) is 20.2. The Kier molecular flexibility index (Phi) is 6.88. The molecule has 8 heteroatoms. The smallest absolute Gasteiger partial charge is 0.339 e. The summed E-state index contributed by atoms with van der Waals surface area (Å²) >= 11 is 0. The Morgan fingerprint density at radius 2 is 1.75 bits per heavy atom. The first-order valence-corrected chi connectivity index (χ1v) is 8.17. The number of carbonyl (C=O) groups is 3. The van der Waals surface area contributed by atoms with E-state index in [1.165, 1.54) is 32.4 Å². The van der Waals surface area contributed by atoms with Gasteiger partial charge in [-0.05, 0) is 30.3 Å². The first-order valence-electron chi connectivity index (χ1n) is 8.17. The molecular formula is C20H18N4O4. The van der Waals surface area contributed by atoms with Crippen molar-refractivity contribution in [3.8, 4) is 6.07 Å². The predicted octanol–water partition coefficient (Wildman–Crippen LogP) is 2.89. The number of nitrogens with one attached hydrogen (secondary N) is 3. The van der Waals surface area contributed by atoms with Gasteiger partial charge in [-0.1, -0.05) is 18.2 Å². The van der Waals surface area contributed by atoms with Crippen LogP contribution in [-0.4, -0.2) is 24.9 Å². The number of ether oxygens (including phenoxy) is 1. The molecule has 2 aromatic rings. The van der Waals surface area contributed by atoms with E-state index in [0.717, 1.165) is 0 Å². The van der Waals surface area contributed by atoms with Crippen LogP contribution in [0.3, 0.4) is 0 Å². The zero-order chi connectivity index (χ0) is 20.5. The molecule has 0 aliphatic carbocycles. The topological polar surface area (TPSA) is 120 Å². The fourth-order valence-corrected chi connectivity index (χ4v) is 2.26. The Labute approximate surface area is 161 Å². The van der Waals surface area contributed by atoms with Gasteiger partial charge in [-0.2, -0.15) is 5.26 Å². The summed E-state index contributed by atoms with van der Waals surface area (Å²) in [5.74, 6) is -1.51. The summed E-state index contributed by atoms with van der Waals surface area (Å²) in [4.78, 5) is 35.3. The van der Waals surface area contributed by atoms with Crippen molar-refractivity contribution < 1.29 is 19.1 Å². The summed E-state index contributed by atoms with van der Waals surface area (Å²) < 4.78 is 4.68. The highest BCUT2D eigenvalue weighted by atomic mass is 16.5. The molecule has 0 saturated carbocycles. The van der Waals surface area contributed by atoms with Crippen molar-refractivity contribution in [2.24, 2.45) is 0 Å². The summed E-state index contributed by atoms with van der Waals surface area (Å²) in [6.45, 7) is 1.39. The minimum atomic E-state index is -0.690. The number of rotatable bonds is 6. The van der Waals surface area contributed by atoms with Gasteiger partial charge in [0.15, 0.2) is 0 Å². The molecule has 0 aliphatic heterocycles. The van der Waals surface area contributed by atoms with Crippen LogP contribution in [0.2, 0.25) is 0 Å². The molecule has 8 nitrogen and oxygen atoms in total. The quantitative estimate of drug-likeness (QED) is 0.404. The molecule has 0 heterocycles. The van der Waals surface area contributed by atoms with Gasteiger partial charge in [0.05, 0.1) is 18.4 Å². The van der Waals surface area contributed by atoms with Gasteiger partial charge in [-0.25, -0.2) is 4.79 Å². The Balaban J connectivity index is 2.15. The minimum Gasteiger partial charge on any atom is -0.465 e. The molecular weight excluding hydrogens is 360 g/mol. The molecule has 0 radical (unpaired) electrons. The molecule has 0 fully saturated rings. The largest absolute Gasteiger partial charge is 0.465 e. The van der Waals surface area contributed by atoms with Crippen LogP contribution >= 0.6 is 0 Å². The maximum Gasteiger partial charge on any atom is 0.339 e. The highest BCUT2D eigenvalue weighted by Crippen LogP contribution is 2.18. The third-order valence-electron chi connectivity index (χ3n) is 3.51. The molecule has 0 unspecified atom stereocenters. The van der Waals surface area contributed by atoms with Gasteiger partial charge in [0.25, 0.3) is 5.91 Å². The van der Waals surface area contributed by atoms with E-state index in [1.807, 2.05) is 0 Å². The Morgan fingerprint density at radius 1 is 1.04 bits per heavy atom. The molecule has 0 saturated heterocycles. The number of anilines is 3. The van der Waals surface area contributed by atoms with Gasteiger partial charge in [0.2, 0.25) is 5.91 Å². The van der Waals surface area contributed by atoms with Gasteiger partial charge in [-0.15, -0.1) is 0 Å². The van der Waals surface area contributed by atoms with Crippen LogP contribution in [0.4, 0.5) is 17.1 Å². The van der Waals surface area contributed by atoms with Crippen molar-refractivity contribution in [3.05, 3.63) is 65.9 Å². The van der Waals surface area contributed by atoms with Gasteiger partial charge < -0.3 is 20.7 Å². The zero-order valence-electron chi connectivity index (χ0n) is 15.3. The number of nitriles is 1. The summed E-state index contributed by atoms with van der Waals surface area (Å²) in [6.07, 6.45) is 1.24. The lowest BCUT2D eigenvalue weighted by molar-refractivity contribution is -0.114. The van der Waals surface area contributed by atoms with E-state index in [2.05, 4.69) is 20.7 Å². The fourth-order valence-electron chi connectivity index (χ4n) is 2.26. The van der Waals surface area contributed by atoms with E-state index in [1.54, 1.807) is 42.5 Å². The summed E-state index contributed by atoms with van der Waals surface area (Å²) in [6, 6.07) is 14.9. The summed E-state index contributed by atoms with van der Waals surface area (Å²) in [7, 11) is 1.24. The van der Waals surface area contributed by atoms with Crippen molar-refractivity contribution in [3.63, 3.8) is 0 Å². The normalized spacial score (nSPS) is 10.4. The van der Waals surface area contributed by atoms with Crippen LogP contribution < -0.4 is 16.0 Å². The number of nitrogens with zero attached hydrogens (tertiary/aromatic N) is 1. The number of hydrogen-bond acceptors (Lipinski definition) is 6. The number of esters is 1. The number of benzene rings is 2. The number of hydrogen-bond donors (Lipinski definition) is 3. The second-order valence-corrected chi connectivity index (χ2v) is 5.57. The van der Waals surface area contributed by atoms with E-state index in [9.17, 15) is 19.6 Å². The Bertz CT molecular complexity index is 976. The SMILES string of the molecule is COC(=O)c1ccccc1NC(=O)/C(C#N)=C\Nc1cccc(NC(C)=O)c1. The van der Waals surface area contributed by atoms with Crippen LogP contribution in [0, 0.1) is 11.3 Å². The van der Waals surface area contributed by atoms with E-state index in [0.29, 0.717) is 11.4 Å². The Morgan fingerprint density at radius 3 is 2.43 bits per heavy atom. The molecule has 3 N–H and O–H groups in total. The molecule has 0 bridgehead atoms. The highest BCUT2D eigenvalue weighted by Gasteiger charge is 2.15. The molecule has 142 valence electrons. The second-order valence-electron chi connectivity index (χ2n) is 5.57. The molecule has 28 heavy (non-hydrogen) atoms. The van der Waals surface area contributed by atoms with Crippen LogP contribution in [0.5, 0.6) is 0 Å². The predicted molar refractivity (Wildman–Crippen MR) is 104 cm³/mol. The van der Waals surface area contributed by atoms with E-state index in [4.69, 9.17) is 0 Å². The highest BCUT2D eigenvalue weighted by molar-refractivity contribution is 6.09. The average Bonchev–Trinajstić information content (AvgIpc) is 2.68.